The van der Waals surface area contributed by atoms with Gasteiger partial charge in [-0.3, -0.25) is 9.59 Å². The maximum Gasteiger partial charge on any atom is 0.265 e. The van der Waals surface area contributed by atoms with Crippen molar-refractivity contribution in [1.29, 1.82) is 0 Å². The Kier molecular flexibility index (Phi) is 7.11. The molecule has 1 aromatic heterocycles. The molecular formula is C26H32N4O3. The van der Waals surface area contributed by atoms with Gasteiger partial charge in [0.25, 0.3) is 11.8 Å². The minimum atomic E-state index is -0.559. The predicted molar refractivity (Wildman–Crippen MR) is 132 cm³/mol. The summed E-state index contributed by atoms with van der Waals surface area (Å²) < 4.78 is 5.55. The van der Waals surface area contributed by atoms with E-state index in [0.717, 1.165) is 27.9 Å². The Morgan fingerprint density at radius 2 is 1.85 bits per heavy atom. The molecular weight excluding hydrogens is 416 g/mol. The number of ether oxygens (including phenoxy) is 1. The van der Waals surface area contributed by atoms with Crippen LogP contribution in [0.5, 0.6) is 5.75 Å². The molecule has 0 aliphatic heterocycles. The molecule has 0 spiro atoms. The zero-order chi connectivity index (χ0) is 24.3. The second kappa shape index (κ2) is 9.81. The monoisotopic (exact) mass is 448 g/mol. The smallest absolute Gasteiger partial charge is 0.265 e. The maximum atomic E-state index is 12.7. The number of rotatable bonds is 8. The van der Waals surface area contributed by atoms with E-state index in [1.165, 1.54) is 7.11 Å². The minimum absolute atomic E-state index is 0.208. The van der Waals surface area contributed by atoms with E-state index in [1.54, 1.807) is 12.1 Å². The first kappa shape index (κ1) is 23.9. The van der Waals surface area contributed by atoms with Gasteiger partial charge in [0.15, 0.2) is 0 Å². The Bertz CT molecular complexity index is 1190. The first-order valence-electron chi connectivity index (χ1n) is 11.1. The van der Waals surface area contributed by atoms with Crippen molar-refractivity contribution < 1.29 is 14.3 Å². The van der Waals surface area contributed by atoms with Crippen LogP contribution in [0.1, 0.15) is 52.9 Å². The van der Waals surface area contributed by atoms with E-state index in [9.17, 15) is 9.59 Å². The van der Waals surface area contributed by atoms with Crippen LogP contribution in [0.25, 0.3) is 22.3 Å². The zero-order valence-electron chi connectivity index (χ0n) is 19.8. The molecule has 0 saturated heterocycles. The number of hydrogen-bond acceptors (Lipinski definition) is 4. The fourth-order valence-electron chi connectivity index (χ4n) is 3.98. The average molecular weight is 449 g/mol. The summed E-state index contributed by atoms with van der Waals surface area (Å²) in [5, 5.41) is 2.91. The molecule has 0 saturated carbocycles. The quantitative estimate of drug-likeness (QED) is 0.384. The lowest BCUT2D eigenvalue weighted by molar-refractivity contribution is 0.0944. The summed E-state index contributed by atoms with van der Waals surface area (Å²) in [6.45, 7) is 8.62. The number of nitrogen functional groups attached to an aromatic ring is 1. The van der Waals surface area contributed by atoms with Crippen molar-refractivity contribution >= 4 is 17.5 Å². The molecule has 0 aliphatic rings. The number of nitrogens with one attached hydrogen (secondary N) is 2. The van der Waals surface area contributed by atoms with Gasteiger partial charge >= 0.3 is 0 Å². The summed E-state index contributed by atoms with van der Waals surface area (Å²) in [4.78, 5) is 28.3. The third kappa shape index (κ3) is 4.87. The van der Waals surface area contributed by atoms with Gasteiger partial charge in [-0.05, 0) is 60.2 Å². The van der Waals surface area contributed by atoms with Crippen LogP contribution < -0.4 is 21.5 Å². The van der Waals surface area contributed by atoms with E-state index in [2.05, 4.69) is 10.3 Å². The van der Waals surface area contributed by atoms with Gasteiger partial charge in [-0.1, -0.05) is 32.9 Å². The number of anilines is 1. The molecule has 33 heavy (non-hydrogen) atoms. The van der Waals surface area contributed by atoms with Crippen molar-refractivity contribution in [2.75, 3.05) is 19.4 Å². The Hall–Kier alpha value is -3.74. The fraction of sp³-hybridized carbons (Fsp3) is 0.308. The molecule has 3 rings (SSSR count). The topological polar surface area (TPSA) is 123 Å². The van der Waals surface area contributed by atoms with Crippen LogP contribution >= 0.6 is 0 Å². The second-order valence-corrected chi connectivity index (χ2v) is 8.54. The molecule has 3 aromatic rings. The highest BCUT2D eigenvalue weighted by molar-refractivity contribution is 6.05. The summed E-state index contributed by atoms with van der Waals surface area (Å²) >= 11 is 0. The summed E-state index contributed by atoms with van der Waals surface area (Å²) in [5.74, 6) is -0.0179. The molecule has 7 nitrogen and oxygen atoms in total. The number of methoxy groups -OCH3 is 1. The number of carbonyl (C=O) groups is 2. The van der Waals surface area contributed by atoms with Crippen LogP contribution in [0.4, 0.5) is 5.69 Å². The second-order valence-electron chi connectivity index (χ2n) is 8.54. The van der Waals surface area contributed by atoms with E-state index >= 15 is 0 Å². The van der Waals surface area contributed by atoms with Gasteiger partial charge in [-0.15, -0.1) is 0 Å². The number of benzene rings is 2. The molecule has 0 fully saturated rings. The Morgan fingerprint density at radius 1 is 1.12 bits per heavy atom. The minimum Gasteiger partial charge on any atom is -0.496 e. The van der Waals surface area contributed by atoms with Crippen LogP contribution in [0.2, 0.25) is 0 Å². The highest BCUT2D eigenvalue weighted by atomic mass is 16.5. The Morgan fingerprint density at radius 3 is 2.42 bits per heavy atom. The highest BCUT2D eigenvalue weighted by Gasteiger charge is 2.25. The molecule has 174 valence electrons. The molecule has 2 aromatic carbocycles. The molecule has 0 atom stereocenters. The van der Waals surface area contributed by atoms with Gasteiger partial charge in [-0.2, -0.15) is 0 Å². The van der Waals surface area contributed by atoms with Crippen LogP contribution in [0.15, 0.2) is 36.4 Å². The predicted octanol–water partition coefficient (Wildman–Crippen LogP) is 4.30. The summed E-state index contributed by atoms with van der Waals surface area (Å²) in [7, 11) is 1.52. The SMILES string of the molecule is CCc1[nH]c(C(N)=O)c(-c2ccc(C(=O)NCC(C)C)c(OC)c2)c1-c1ccc(N)cc1C. The molecule has 0 unspecified atom stereocenters. The summed E-state index contributed by atoms with van der Waals surface area (Å²) in [5.41, 5.74) is 18.3. The highest BCUT2D eigenvalue weighted by Crippen LogP contribution is 2.41. The first-order chi connectivity index (χ1) is 15.7. The Labute approximate surface area is 194 Å². The number of nitrogens with two attached hydrogens (primary N) is 2. The lowest BCUT2D eigenvalue weighted by Gasteiger charge is -2.15. The van der Waals surface area contributed by atoms with Crippen LogP contribution in [0, 0.1) is 12.8 Å². The largest absolute Gasteiger partial charge is 0.496 e. The van der Waals surface area contributed by atoms with Gasteiger partial charge in [0.1, 0.15) is 11.4 Å². The molecule has 0 bridgehead atoms. The lowest BCUT2D eigenvalue weighted by atomic mass is 9.90. The van der Waals surface area contributed by atoms with Crippen LogP contribution in [-0.2, 0) is 6.42 Å². The third-order valence-electron chi connectivity index (χ3n) is 5.60. The van der Waals surface area contributed by atoms with E-state index < -0.39 is 5.91 Å². The van der Waals surface area contributed by atoms with Crippen molar-refractivity contribution in [3.63, 3.8) is 0 Å². The molecule has 6 N–H and O–H groups in total. The summed E-state index contributed by atoms with van der Waals surface area (Å²) in [6.07, 6.45) is 0.673. The molecule has 7 heteroatoms. The Balaban J connectivity index is 2.22. The number of aromatic nitrogens is 1. The number of H-pyrrole nitrogens is 1. The van der Waals surface area contributed by atoms with Gasteiger partial charge in [0.2, 0.25) is 0 Å². The standard InChI is InChI=1S/C26H32N4O3/c1-6-20-23(18-10-8-17(27)11-15(18)4)22(24(30-20)25(28)31)16-7-9-19(21(12-16)33-5)26(32)29-13-14(2)3/h7-12,14,30H,6,13,27H2,1-5H3,(H2,28,31)(H,29,32). The normalized spacial score (nSPS) is 11.0. The van der Waals surface area contributed by atoms with Crippen LogP contribution in [-0.4, -0.2) is 30.5 Å². The van der Waals surface area contributed by atoms with Gasteiger partial charge in [-0.25, -0.2) is 0 Å². The van der Waals surface area contributed by atoms with E-state index in [1.807, 2.05) is 52.0 Å². The molecule has 1 heterocycles. The lowest BCUT2D eigenvalue weighted by Crippen LogP contribution is -2.27. The summed E-state index contributed by atoms with van der Waals surface area (Å²) in [6, 6.07) is 11.0. The van der Waals surface area contributed by atoms with Crippen molar-refractivity contribution in [3.8, 4) is 28.0 Å². The number of primary amides is 1. The van der Waals surface area contributed by atoms with Crippen molar-refractivity contribution in [1.82, 2.24) is 10.3 Å². The third-order valence-corrected chi connectivity index (χ3v) is 5.60. The number of aromatic amines is 1. The zero-order valence-corrected chi connectivity index (χ0v) is 19.8. The van der Waals surface area contributed by atoms with E-state index in [0.29, 0.717) is 47.1 Å². The molecule has 2 amide bonds. The number of hydrogen-bond donors (Lipinski definition) is 4. The average Bonchev–Trinajstić information content (AvgIpc) is 3.16. The van der Waals surface area contributed by atoms with E-state index in [-0.39, 0.29) is 5.91 Å². The van der Waals surface area contributed by atoms with Crippen molar-refractivity contribution in [2.24, 2.45) is 11.7 Å². The van der Waals surface area contributed by atoms with Gasteiger partial charge in [0.05, 0.1) is 12.7 Å². The van der Waals surface area contributed by atoms with E-state index in [4.69, 9.17) is 16.2 Å². The van der Waals surface area contributed by atoms with Crippen molar-refractivity contribution in [3.05, 3.63) is 58.9 Å². The van der Waals surface area contributed by atoms with Crippen molar-refractivity contribution in [2.45, 2.75) is 34.1 Å². The van der Waals surface area contributed by atoms with Gasteiger partial charge < -0.3 is 26.5 Å². The maximum absolute atomic E-state index is 12.7. The first-order valence-corrected chi connectivity index (χ1v) is 11.1. The molecule has 0 radical (unpaired) electrons. The fourth-order valence-corrected chi connectivity index (χ4v) is 3.98. The van der Waals surface area contributed by atoms with Crippen LogP contribution in [0.3, 0.4) is 0 Å². The number of carbonyl (C=O) groups excluding carboxylic acids is 2. The van der Waals surface area contributed by atoms with Gasteiger partial charge in [0, 0.05) is 29.1 Å². The molecule has 0 aliphatic carbocycles. The number of amides is 2. The number of aryl methyl sites for hydroxylation is 2.